The summed E-state index contributed by atoms with van der Waals surface area (Å²) in [7, 11) is 3.62. The average molecular weight is 272 g/mol. The molecule has 0 aromatic carbocycles. The van der Waals surface area contributed by atoms with Crippen molar-refractivity contribution in [2.75, 3.05) is 40.3 Å². The van der Waals surface area contributed by atoms with Crippen molar-refractivity contribution < 1.29 is 19.5 Å². The first-order valence-corrected chi connectivity index (χ1v) is 5.93. The summed E-state index contributed by atoms with van der Waals surface area (Å²) in [5, 5.41) is 14.8. The van der Waals surface area contributed by atoms with Crippen LogP contribution in [0.1, 0.15) is 6.92 Å². The summed E-state index contributed by atoms with van der Waals surface area (Å²) in [5.41, 5.74) is -1.07. The molecule has 3 N–H and O–H groups in total. The van der Waals surface area contributed by atoms with Gasteiger partial charge in [0.05, 0.1) is 12.1 Å². The Labute approximate surface area is 111 Å². The van der Waals surface area contributed by atoms with Gasteiger partial charge in [0.25, 0.3) is 5.91 Å². The van der Waals surface area contributed by atoms with E-state index in [1.807, 2.05) is 14.1 Å². The lowest BCUT2D eigenvalue weighted by molar-refractivity contribution is -0.131. The van der Waals surface area contributed by atoms with E-state index in [0.717, 1.165) is 4.90 Å². The Morgan fingerprint density at radius 2 is 2.16 bits per heavy atom. The zero-order valence-electron chi connectivity index (χ0n) is 11.4. The normalized spacial score (nSPS) is 18.5. The fourth-order valence-electron chi connectivity index (χ4n) is 1.84. The molecule has 1 unspecified atom stereocenters. The summed E-state index contributed by atoms with van der Waals surface area (Å²) in [6.45, 7) is 1.62. The maximum absolute atomic E-state index is 11.6. The van der Waals surface area contributed by atoms with Crippen molar-refractivity contribution in [3.8, 4) is 0 Å². The van der Waals surface area contributed by atoms with Crippen LogP contribution in [0.5, 0.6) is 0 Å². The molecule has 1 aliphatic heterocycles. The topological polar surface area (TPSA) is 102 Å². The molecule has 0 bridgehead atoms. The molecule has 0 aromatic rings. The Morgan fingerprint density at radius 1 is 1.53 bits per heavy atom. The highest BCUT2D eigenvalue weighted by Crippen LogP contribution is 2.03. The zero-order valence-corrected chi connectivity index (χ0v) is 11.4. The molecule has 0 saturated carbocycles. The molecule has 0 radical (unpaired) electrons. The van der Waals surface area contributed by atoms with Gasteiger partial charge in [-0.05, 0) is 21.0 Å². The number of hydrogen-bond donors (Lipinski definition) is 3. The van der Waals surface area contributed by atoms with Crippen LogP contribution >= 0.6 is 0 Å². The largest absolute Gasteiger partial charge is 0.387 e. The molecule has 1 fully saturated rings. The van der Waals surface area contributed by atoms with Gasteiger partial charge in [0.2, 0.25) is 5.91 Å². The van der Waals surface area contributed by atoms with Crippen LogP contribution in [0.4, 0.5) is 4.79 Å². The van der Waals surface area contributed by atoms with Gasteiger partial charge in [-0.3, -0.25) is 14.5 Å². The van der Waals surface area contributed by atoms with E-state index in [-0.39, 0.29) is 19.6 Å². The van der Waals surface area contributed by atoms with Crippen molar-refractivity contribution in [3.05, 3.63) is 0 Å². The van der Waals surface area contributed by atoms with Crippen LogP contribution in [0.15, 0.2) is 0 Å². The third kappa shape index (κ3) is 4.84. The first-order chi connectivity index (χ1) is 8.71. The molecule has 4 amide bonds. The van der Waals surface area contributed by atoms with Crippen molar-refractivity contribution in [1.29, 1.82) is 0 Å². The molecule has 0 aliphatic carbocycles. The molecule has 0 aromatic heterocycles. The molecule has 19 heavy (non-hydrogen) atoms. The molecule has 1 saturated heterocycles. The summed E-state index contributed by atoms with van der Waals surface area (Å²) >= 11 is 0. The number of urea groups is 1. The number of nitrogens with zero attached hydrogens (tertiary/aromatic N) is 2. The highest BCUT2D eigenvalue weighted by molar-refractivity contribution is 6.04. The molecular weight excluding hydrogens is 252 g/mol. The molecule has 1 atom stereocenters. The smallest absolute Gasteiger partial charge is 0.325 e. The summed E-state index contributed by atoms with van der Waals surface area (Å²) in [6.07, 6.45) is 0. The number of rotatable bonds is 6. The predicted molar refractivity (Wildman–Crippen MR) is 67.3 cm³/mol. The highest BCUT2D eigenvalue weighted by atomic mass is 16.3. The first kappa shape index (κ1) is 15.4. The molecule has 1 aliphatic rings. The van der Waals surface area contributed by atoms with Gasteiger partial charge in [-0.1, -0.05) is 0 Å². The molecule has 1 heterocycles. The average Bonchev–Trinajstić information content (AvgIpc) is 2.57. The van der Waals surface area contributed by atoms with Crippen molar-refractivity contribution in [1.82, 2.24) is 20.4 Å². The fourth-order valence-corrected chi connectivity index (χ4v) is 1.84. The number of likely N-dealkylation sites (N-methyl/N-ethyl adjacent to an activating group) is 1. The Morgan fingerprint density at radius 3 is 2.63 bits per heavy atom. The summed E-state index contributed by atoms with van der Waals surface area (Å²) in [6, 6.07) is -0.569. The van der Waals surface area contributed by atoms with Gasteiger partial charge in [-0.15, -0.1) is 0 Å². The van der Waals surface area contributed by atoms with Crippen molar-refractivity contribution in [2.24, 2.45) is 0 Å². The molecule has 1 rings (SSSR count). The molecule has 0 spiro atoms. The Kier molecular flexibility index (Phi) is 4.84. The van der Waals surface area contributed by atoms with E-state index in [1.165, 1.54) is 0 Å². The van der Waals surface area contributed by atoms with Gasteiger partial charge < -0.3 is 20.6 Å². The van der Waals surface area contributed by atoms with Crippen LogP contribution in [-0.4, -0.2) is 78.6 Å². The van der Waals surface area contributed by atoms with Crippen LogP contribution in [0.2, 0.25) is 0 Å². The SMILES string of the molecule is CN(C)CC(C)(O)CNC(=O)CN1C(=O)CNC1=O. The Hall–Kier alpha value is -1.67. The highest BCUT2D eigenvalue weighted by Gasteiger charge is 2.30. The number of carbonyl (C=O) groups is 3. The lowest BCUT2D eigenvalue weighted by atomic mass is 10.1. The minimum Gasteiger partial charge on any atom is -0.387 e. The first-order valence-electron chi connectivity index (χ1n) is 5.93. The molecule has 8 nitrogen and oxygen atoms in total. The van der Waals surface area contributed by atoms with Gasteiger partial charge in [0, 0.05) is 13.1 Å². The second kappa shape index (κ2) is 5.98. The molecule has 108 valence electrons. The summed E-state index contributed by atoms with van der Waals surface area (Å²) in [4.78, 5) is 36.7. The fraction of sp³-hybridized carbons (Fsp3) is 0.727. The van der Waals surface area contributed by atoms with E-state index in [0.29, 0.717) is 6.54 Å². The number of imide groups is 1. The van der Waals surface area contributed by atoms with Gasteiger partial charge in [0.15, 0.2) is 0 Å². The third-order valence-corrected chi connectivity index (χ3v) is 2.56. The maximum atomic E-state index is 11.6. The van der Waals surface area contributed by atoms with E-state index >= 15 is 0 Å². The van der Waals surface area contributed by atoms with Crippen molar-refractivity contribution >= 4 is 17.8 Å². The molecule has 8 heteroatoms. The minimum atomic E-state index is -1.07. The second-order valence-corrected chi connectivity index (χ2v) is 5.15. The van der Waals surface area contributed by atoms with Gasteiger partial charge in [-0.2, -0.15) is 0 Å². The van der Waals surface area contributed by atoms with Gasteiger partial charge in [-0.25, -0.2) is 4.79 Å². The van der Waals surface area contributed by atoms with Crippen molar-refractivity contribution in [2.45, 2.75) is 12.5 Å². The van der Waals surface area contributed by atoms with Crippen LogP contribution in [0, 0.1) is 0 Å². The number of nitrogens with one attached hydrogen (secondary N) is 2. The van der Waals surface area contributed by atoms with Crippen LogP contribution < -0.4 is 10.6 Å². The Balaban J connectivity index is 2.39. The van der Waals surface area contributed by atoms with E-state index in [9.17, 15) is 19.5 Å². The van der Waals surface area contributed by atoms with E-state index < -0.39 is 23.4 Å². The van der Waals surface area contributed by atoms with Gasteiger partial charge in [0.1, 0.15) is 6.54 Å². The minimum absolute atomic E-state index is 0.0493. The lowest BCUT2D eigenvalue weighted by Gasteiger charge is -2.27. The molecular formula is C11H20N4O4. The second-order valence-electron chi connectivity index (χ2n) is 5.15. The van der Waals surface area contributed by atoms with Crippen LogP contribution in [-0.2, 0) is 9.59 Å². The monoisotopic (exact) mass is 272 g/mol. The maximum Gasteiger partial charge on any atom is 0.325 e. The lowest BCUT2D eigenvalue weighted by Crippen LogP contribution is -2.49. The predicted octanol–water partition coefficient (Wildman–Crippen LogP) is -2.03. The number of carbonyl (C=O) groups excluding carboxylic acids is 3. The summed E-state index contributed by atoms with van der Waals surface area (Å²) < 4.78 is 0. The third-order valence-electron chi connectivity index (χ3n) is 2.56. The van der Waals surface area contributed by atoms with E-state index in [2.05, 4.69) is 10.6 Å². The van der Waals surface area contributed by atoms with E-state index in [4.69, 9.17) is 0 Å². The van der Waals surface area contributed by atoms with Gasteiger partial charge >= 0.3 is 6.03 Å². The van der Waals surface area contributed by atoms with Crippen molar-refractivity contribution in [3.63, 3.8) is 0 Å². The zero-order chi connectivity index (χ0) is 14.6. The quantitative estimate of drug-likeness (QED) is 0.484. The summed E-state index contributed by atoms with van der Waals surface area (Å²) in [5.74, 6) is -0.912. The number of aliphatic hydroxyl groups is 1. The van der Waals surface area contributed by atoms with E-state index in [1.54, 1.807) is 11.8 Å². The number of hydrogen-bond acceptors (Lipinski definition) is 5. The standard InChI is InChI=1S/C11H20N4O4/c1-11(19,7-14(2)3)6-13-8(16)5-15-9(17)4-12-10(15)18/h19H,4-7H2,1-3H3,(H,12,18)(H,13,16). The number of amides is 4. The van der Waals surface area contributed by atoms with Crippen LogP contribution in [0.25, 0.3) is 0 Å². The Bertz CT molecular complexity index is 365. The van der Waals surface area contributed by atoms with Crippen LogP contribution in [0.3, 0.4) is 0 Å².